The van der Waals surface area contributed by atoms with Crippen LogP contribution in [-0.2, 0) is 9.53 Å². The van der Waals surface area contributed by atoms with Gasteiger partial charge in [-0.3, -0.25) is 4.79 Å². The quantitative estimate of drug-likeness (QED) is 0.548. The lowest BCUT2D eigenvalue weighted by Gasteiger charge is -2.33. The van der Waals surface area contributed by atoms with E-state index in [9.17, 15) is 9.90 Å². The van der Waals surface area contributed by atoms with Crippen molar-refractivity contribution in [2.45, 2.75) is 44.3 Å². The van der Waals surface area contributed by atoms with Crippen molar-refractivity contribution in [3.8, 4) is 0 Å². The maximum atomic E-state index is 11.2. The van der Waals surface area contributed by atoms with Gasteiger partial charge in [0.25, 0.3) is 0 Å². The predicted octanol–water partition coefficient (Wildman–Crippen LogP) is 0.853. The molecule has 2 aliphatic heterocycles. The van der Waals surface area contributed by atoms with Gasteiger partial charge in [-0.25, -0.2) is 0 Å². The summed E-state index contributed by atoms with van der Waals surface area (Å²) in [5.41, 5.74) is 0. The van der Waals surface area contributed by atoms with Crippen molar-refractivity contribution in [3.05, 3.63) is 0 Å². The summed E-state index contributed by atoms with van der Waals surface area (Å²) in [5, 5.41) is 9.54. The van der Waals surface area contributed by atoms with Gasteiger partial charge in [0.1, 0.15) is 6.10 Å². The molecule has 2 heterocycles. The second kappa shape index (κ2) is 3.05. The highest BCUT2D eigenvalue weighted by atomic mass is 16.6. The molecule has 1 saturated carbocycles. The van der Waals surface area contributed by atoms with Gasteiger partial charge in [0, 0.05) is 0 Å². The van der Waals surface area contributed by atoms with Crippen molar-refractivity contribution >= 4 is 5.97 Å². The number of rotatable bonds is 0. The molecule has 0 radical (unpaired) electrons. The lowest BCUT2D eigenvalue weighted by atomic mass is 9.86. The van der Waals surface area contributed by atoms with E-state index in [0.29, 0.717) is 0 Å². The average Bonchev–Trinajstić information content (AvgIpc) is 2.04. The number of fused-ring (bicyclic) bond motifs is 5. The summed E-state index contributed by atoms with van der Waals surface area (Å²) in [6, 6.07) is 0. The van der Waals surface area contributed by atoms with Gasteiger partial charge in [-0.05, 0) is 32.1 Å². The van der Waals surface area contributed by atoms with Gasteiger partial charge in [0.2, 0.25) is 0 Å². The second-order valence-electron chi connectivity index (χ2n) is 3.75. The van der Waals surface area contributed by atoms with Crippen LogP contribution in [0.1, 0.15) is 32.1 Å². The molecule has 68 valence electrons. The predicted molar refractivity (Wildman–Crippen MR) is 42.5 cm³/mol. The van der Waals surface area contributed by atoms with Crippen LogP contribution in [0, 0.1) is 5.92 Å². The molecule has 0 aromatic rings. The van der Waals surface area contributed by atoms with Crippen molar-refractivity contribution in [2.24, 2.45) is 5.92 Å². The molecule has 3 aliphatic rings. The van der Waals surface area contributed by atoms with Crippen LogP contribution in [0.4, 0.5) is 0 Å². The lowest BCUT2D eigenvalue weighted by Crippen LogP contribution is -2.40. The Labute approximate surface area is 71.7 Å². The molecule has 0 unspecified atom stereocenters. The van der Waals surface area contributed by atoms with Gasteiger partial charge in [-0.1, -0.05) is 0 Å². The normalized spacial score (nSPS) is 41.8. The Morgan fingerprint density at radius 2 is 2.08 bits per heavy atom. The highest BCUT2D eigenvalue weighted by molar-refractivity contribution is 5.73. The molecule has 1 aliphatic carbocycles. The van der Waals surface area contributed by atoms with Crippen LogP contribution in [0.5, 0.6) is 0 Å². The number of esters is 1. The molecule has 2 bridgehead atoms. The highest BCUT2D eigenvalue weighted by Gasteiger charge is 2.35. The third-order valence-electron chi connectivity index (χ3n) is 2.88. The first-order valence-electron chi connectivity index (χ1n) is 4.66. The first-order chi connectivity index (χ1) is 5.77. The maximum absolute atomic E-state index is 11.2. The molecule has 12 heavy (non-hydrogen) atoms. The van der Waals surface area contributed by atoms with Crippen molar-refractivity contribution < 1.29 is 14.6 Å². The third kappa shape index (κ3) is 1.33. The van der Waals surface area contributed by atoms with Crippen LogP contribution in [-0.4, -0.2) is 23.3 Å². The standard InChI is InChI=1S/C9H14O3/c10-7-3-1-2-6-4-5-8(7)12-9(6)11/h6-8,10H,1-5H2/t6-,7-,8-/m0/s1. The van der Waals surface area contributed by atoms with Crippen LogP contribution < -0.4 is 0 Å². The number of aliphatic hydroxyl groups is 1. The van der Waals surface area contributed by atoms with Crippen molar-refractivity contribution in [1.82, 2.24) is 0 Å². The van der Waals surface area contributed by atoms with Crippen molar-refractivity contribution in [3.63, 3.8) is 0 Å². The number of hydrogen-bond donors (Lipinski definition) is 1. The Morgan fingerprint density at radius 3 is 2.83 bits per heavy atom. The molecule has 3 fully saturated rings. The van der Waals surface area contributed by atoms with E-state index in [1.807, 2.05) is 0 Å². The topological polar surface area (TPSA) is 46.5 Å². The molecule has 1 N–H and O–H groups in total. The molecule has 3 rings (SSSR count). The van der Waals surface area contributed by atoms with E-state index in [1.54, 1.807) is 0 Å². The van der Waals surface area contributed by atoms with E-state index in [-0.39, 0.29) is 18.0 Å². The van der Waals surface area contributed by atoms with Gasteiger partial charge in [0.15, 0.2) is 0 Å². The second-order valence-corrected chi connectivity index (χ2v) is 3.75. The Morgan fingerprint density at radius 1 is 1.25 bits per heavy atom. The summed E-state index contributed by atoms with van der Waals surface area (Å²) >= 11 is 0. The van der Waals surface area contributed by atoms with E-state index < -0.39 is 6.10 Å². The first kappa shape index (κ1) is 8.05. The number of carbonyl (C=O) groups is 1. The smallest absolute Gasteiger partial charge is 0.309 e. The zero-order valence-corrected chi connectivity index (χ0v) is 7.03. The molecular weight excluding hydrogens is 156 g/mol. The SMILES string of the molecule is O=C1O[C@H]2CC[C@@H]1CCC[C@@H]2O. The lowest BCUT2D eigenvalue weighted by molar-refractivity contribution is -0.171. The molecule has 3 nitrogen and oxygen atoms in total. The maximum Gasteiger partial charge on any atom is 0.309 e. The Hall–Kier alpha value is -0.570. The first-order valence-corrected chi connectivity index (χ1v) is 4.66. The van der Waals surface area contributed by atoms with Gasteiger partial charge in [0.05, 0.1) is 12.0 Å². The molecule has 3 atom stereocenters. The molecule has 0 aromatic carbocycles. The summed E-state index contributed by atoms with van der Waals surface area (Å²) in [5.74, 6) is 0.0266. The molecule has 3 heteroatoms. The summed E-state index contributed by atoms with van der Waals surface area (Å²) in [4.78, 5) is 11.2. The summed E-state index contributed by atoms with van der Waals surface area (Å²) in [7, 11) is 0. The number of ether oxygens (including phenoxy) is 1. The van der Waals surface area contributed by atoms with Crippen LogP contribution >= 0.6 is 0 Å². The summed E-state index contributed by atoms with van der Waals surface area (Å²) in [6.07, 6.45) is 3.75. The Kier molecular flexibility index (Phi) is 2.05. The van der Waals surface area contributed by atoms with Gasteiger partial charge < -0.3 is 9.84 Å². The fraction of sp³-hybridized carbons (Fsp3) is 0.889. The van der Waals surface area contributed by atoms with E-state index in [2.05, 4.69) is 0 Å². The monoisotopic (exact) mass is 170 g/mol. The van der Waals surface area contributed by atoms with E-state index in [0.717, 1.165) is 32.1 Å². The van der Waals surface area contributed by atoms with Gasteiger partial charge in [-0.2, -0.15) is 0 Å². The Bertz CT molecular complexity index is 188. The van der Waals surface area contributed by atoms with E-state index in [1.165, 1.54) is 0 Å². The van der Waals surface area contributed by atoms with Crippen molar-refractivity contribution in [1.29, 1.82) is 0 Å². The summed E-state index contributed by atoms with van der Waals surface area (Å²) in [6.45, 7) is 0. The Balaban J connectivity index is 2.11. The molecule has 0 amide bonds. The molecular formula is C9H14O3. The average molecular weight is 170 g/mol. The van der Waals surface area contributed by atoms with Gasteiger partial charge in [-0.15, -0.1) is 0 Å². The van der Waals surface area contributed by atoms with Crippen molar-refractivity contribution in [2.75, 3.05) is 0 Å². The minimum Gasteiger partial charge on any atom is -0.459 e. The van der Waals surface area contributed by atoms with E-state index in [4.69, 9.17) is 4.74 Å². The highest BCUT2D eigenvalue weighted by Crippen LogP contribution is 2.30. The molecule has 0 aromatic heterocycles. The van der Waals surface area contributed by atoms with E-state index >= 15 is 0 Å². The zero-order chi connectivity index (χ0) is 8.55. The fourth-order valence-electron chi connectivity index (χ4n) is 2.08. The van der Waals surface area contributed by atoms with Gasteiger partial charge >= 0.3 is 5.97 Å². The zero-order valence-electron chi connectivity index (χ0n) is 7.03. The largest absolute Gasteiger partial charge is 0.459 e. The number of aliphatic hydroxyl groups excluding tert-OH is 1. The van der Waals surface area contributed by atoms with Crippen LogP contribution in [0.25, 0.3) is 0 Å². The summed E-state index contributed by atoms with van der Waals surface area (Å²) < 4.78 is 5.11. The van der Waals surface area contributed by atoms with Crippen LogP contribution in [0.2, 0.25) is 0 Å². The molecule has 0 spiro atoms. The number of hydrogen-bond acceptors (Lipinski definition) is 3. The fourth-order valence-corrected chi connectivity index (χ4v) is 2.08. The molecule has 2 saturated heterocycles. The minimum absolute atomic E-state index is 0.0926. The minimum atomic E-state index is -0.421. The number of carbonyl (C=O) groups excluding carboxylic acids is 1. The van der Waals surface area contributed by atoms with Crippen LogP contribution in [0.15, 0.2) is 0 Å². The van der Waals surface area contributed by atoms with Crippen LogP contribution in [0.3, 0.4) is 0 Å². The third-order valence-corrected chi connectivity index (χ3v) is 2.88.